The highest BCUT2D eigenvalue weighted by atomic mass is 16.5. The predicted molar refractivity (Wildman–Crippen MR) is 122 cm³/mol. The minimum absolute atomic E-state index is 0.00820. The first kappa shape index (κ1) is 22.4. The fourth-order valence-corrected chi connectivity index (χ4v) is 3.76. The maximum absolute atomic E-state index is 12.4. The Morgan fingerprint density at radius 1 is 1.03 bits per heavy atom. The Morgan fingerprint density at radius 3 is 2.42 bits per heavy atom. The van der Waals surface area contributed by atoms with E-state index in [9.17, 15) is 9.59 Å². The Labute approximate surface area is 183 Å². The lowest BCUT2D eigenvalue weighted by Crippen LogP contribution is -2.25. The maximum atomic E-state index is 12.4. The summed E-state index contributed by atoms with van der Waals surface area (Å²) in [5.74, 6) is 0.609. The summed E-state index contributed by atoms with van der Waals surface area (Å²) in [7, 11) is 0. The van der Waals surface area contributed by atoms with E-state index in [-0.39, 0.29) is 18.5 Å². The first-order valence-electron chi connectivity index (χ1n) is 10.7. The van der Waals surface area contributed by atoms with Gasteiger partial charge in [-0.3, -0.25) is 4.79 Å². The van der Waals surface area contributed by atoms with Gasteiger partial charge in [0.05, 0.1) is 5.92 Å². The molecule has 2 aromatic rings. The van der Waals surface area contributed by atoms with Crippen molar-refractivity contribution in [2.45, 2.75) is 45.6 Å². The van der Waals surface area contributed by atoms with Crippen molar-refractivity contribution in [2.75, 3.05) is 11.5 Å². The van der Waals surface area contributed by atoms with Crippen LogP contribution in [-0.2, 0) is 20.9 Å². The fraction of sp³-hybridized carbons (Fsp3) is 0.360. The molecule has 1 saturated carbocycles. The molecule has 0 aromatic heterocycles. The number of hydrogen-bond donors (Lipinski definition) is 2. The third kappa shape index (κ3) is 6.60. The highest BCUT2D eigenvalue weighted by Crippen LogP contribution is 2.31. The summed E-state index contributed by atoms with van der Waals surface area (Å²) in [5, 5.41) is 0. The molecular formula is C25H30N2O4. The molecule has 0 heterocycles. The molecule has 3 rings (SSSR count). The van der Waals surface area contributed by atoms with Crippen LogP contribution in [0.4, 0.5) is 11.4 Å². The summed E-state index contributed by atoms with van der Waals surface area (Å²) < 4.78 is 10.7. The van der Waals surface area contributed by atoms with Crippen molar-refractivity contribution in [2.24, 2.45) is 11.8 Å². The first-order chi connectivity index (χ1) is 14.9. The van der Waals surface area contributed by atoms with Crippen LogP contribution in [0.25, 0.3) is 6.08 Å². The summed E-state index contributed by atoms with van der Waals surface area (Å²) in [6, 6.07) is 12.1. The SMILES string of the molecule is CCC1CCC(C(=O)Oc2ccc(/C=C/C(=O)OCc3cc(N)ccc3N)cc2)CC1. The number of nitrogens with two attached hydrogens (primary N) is 2. The molecule has 0 bridgehead atoms. The summed E-state index contributed by atoms with van der Waals surface area (Å²) >= 11 is 0. The minimum atomic E-state index is -0.486. The molecule has 0 radical (unpaired) electrons. The van der Waals surface area contributed by atoms with Gasteiger partial charge in [-0.15, -0.1) is 0 Å². The molecule has 0 aliphatic heterocycles. The number of ether oxygens (including phenoxy) is 2. The molecule has 0 amide bonds. The van der Waals surface area contributed by atoms with Crippen LogP contribution in [0.3, 0.4) is 0 Å². The Morgan fingerprint density at radius 2 is 1.74 bits per heavy atom. The van der Waals surface area contributed by atoms with Gasteiger partial charge in [0, 0.05) is 23.0 Å². The molecule has 2 aromatic carbocycles. The molecule has 1 fully saturated rings. The lowest BCUT2D eigenvalue weighted by atomic mass is 9.81. The highest BCUT2D eigenvalue weighted by molar-refractivity contribution is 5.87. The highest BCUT2D eigenvalue weighted by Gasteiger charge is 2.26. The second-order valence-corrected chi connectivity index (χ2v) is 8.02. The van der Waals surface area contributed by atoms with Gasteiger partial charge in [0.15, 0.2) is 0 Å². The van der Waals surface area contributed by atoms with Crippen LogP contribution in [0.1, 0.15) is 50.2 Å². The Kier molecular flexibility index (Phi) is 7.70. The van der Waals surface area contributed by atoms with E-state index in [4.69, 9.17) is 20.9 Å². The van der Waals surface area contributed by atoms with Gasteiger partial charge in [0.25, 0.3) is 0 Å². The molecule has 0 atom stereocenters. The van der Waals surface area contributed by atoms with Gasteiger partial charge in [-0.05, 0) is 73.6 Å². The van der Waals surface area contributed by atoms with Crippen molar-refractivity contribution >= 4 is 29.4 Å². The molecule has 164 valence electrons. The van der Waals surface area contributed by atoms with Crippen LogP contribution in [-0.4, -0.2) is 11.9 Å². The van der Waals surface area contributed by atoms with Crippen LogP contribution in [0, 0.1) is 11.8 Å². The van der Waals surface area contributed by atoms with Crippen LogP contribution in [0.15, 0.2) is 48.5 Å². The van der Waals surface area contributed by atoms with E-state index in [0.717, 1.165) is 37.2 Å². The van der Waals surface area contributed by atoms with Gasteiger partial charge in [0.1, 0.15) is 12.4 Å². The molecule has 0 unspecified atom stereocenters. The van der Waals surface area contributed by atoms with Gasteiger partial charge in [0.2, 0.25) is 0 Å². The van der Waals surface area contributed by atoms with Crippen molar-refractivity contribution in [1.82, 2.24) is 0 Å². The van der Waals surface area contributed by atoms with E-state index in [1.807, 2.05) is 0 Å². The quantitative estimate of drug-likeness (QED) is 0.289. The number of anilines is 2. The number of esters is 2. The van der Waals surface area contributed by atoms with E-state index < -0.39 is 5.97 Å². The summed E-state index contributed by atoms with van der Waals surface area (Å²) in [6.45, 7) is 2.25. The zero-order valence-electron chi connectivity index (χ0n) is 17.9. The topological polar surface area (TPSA) is 105 Å². The van der Waals surface area contributed by atoms with Crippen LogP contribution in [0.2, 0.25) is 0 Å². The summed E-state index contributed by atoms with van der Waals surface area (Å²) in [5.41, 5.74) is 14.1. The lowest BCUT2D eigenvalue weighted by molar-refractivity contribution is -0.140. The predicted octanol–water partition coefficient (Wildman–Crippen LogP) is 4.73. The average molecular weight is 423 g/mol. The van der Waals surface area contributed by atoms with Crippen molar-refractivity contribution in [3.63, 3.8) is 0 Å². The number of carbonyl (C=O) groups is 2. The Hall–Kier alpha value is -3.28. The average Bonchev–Trinajstić information content (AvgIpc) is 2.79. The van der Waals surface area contributed by atoms with Gasteiger partial charge in [-0.1, -0.05) is 25.5 Å². The van der Waals surface area contributed by atoms with Crippen molar-refractivity contribution in [1.29, 1.82) is 0 Å². The van der Waals surface area contributed by atoms with Crippen molar-refractivity contribution in [3.05, 3.63) is 59.7 Å². The van der Waals surface area contributed by atoms with Gasteiger partial charge < -0.3 is 20.9 Å². The molecule has 0 spiro atoms. The molecule has 0 saturated heterocycles. The molecule has 6 nitrogen and oxygen atoms in total. The van der Waals surface area contributed by atoms with E-state index >= 15 is 0 Å². The molecule has 6 heteroatoms. The second-order valence-electron chi connectivity index (χ2n) is 8.02. The van der Waals surface area contributed by atoms with Crippen molar-refractivity contribution < 1.29 is 19.1 Å². The summed E-state index contributed by atoms with van der Waals surface area (Å²) in [4.78, 5) is 24.3. The normalized spacial score (nSPS) is 18.6. The fourth-order valence-electron chi connectivity index (χ4n) is 3.76. The third-order valence-corrected chi connectivity index (χ3v) is 5.80. The lowest BCUT2D eigenvalue weighted by Gasteiger charge is -2.26. The Bertz CT molecular complexity index is 929. The second kappa shape index (κ2) is 10.7. The Balaban J connectivity index is 1.47. The number of benzene rings is 2. The van der Waals surface area contributed by atoms with Crippen molar-refractivity contribution in [3.8, 4) is 5.75 Å². The van der Waals surface area contributed by atoms with Crippen LogP contribution < -0.4 is 16.2 Å². The van der Waals surface area contributed by atoms with E-state index in [2.05, 4.69) is 6.92 Å². The third-order valence-electron chi connectivity index (χ3n) is 5.80. The number of rotatable bonds is 7. The largest absolute Gasteiger partial charge is 0.458 e. The monoisotopic (exact) mass is 422 g/mol. The van der Waals surface area contributed by atoms with Crippen LogP contribution in [0.5, 0.6) is 5.75 Å². The molecule has 1 aliphatic carbocycles. The molecule has 1 aliphatic rings. The summed E-state index contributed by atoms with van der Waals surface area (Å²) in [6.07, 6.45) is 8.17. The zero-order chi connectivity index (χ0) is 22.2. The maximum Gasteiger partial charge on any atom is 0.331 e. The van der Waals surface area contributed by atoms with Gasteiger partial charge >= 0.3 is 11.9 Å². The molecule has 31 heavy (non-hydrogen) atoms. The first-order valence-corrected chi connectivity index (χ1v) is 10.7. The molecular weight excluding hydrogens is 392 g/mol. The van der Waals surface area contributed by atoms with E-state index in [0.29, 0.717) is 22.7 Å². The van der Waals surface area contributed by atoms with E-state index in [1.165, 1.54) is 12.5 Å². The van der Waals surface area contributed by atoms with Gasteiger partial charge in [-0.2, -0.15) is 0 Å². The van der Waals surface area contributed by atoms with Crippen LogP contribution >= 0.6 is 0 Å². The molecule has 4 N–H and O–H groups in total. The van der Waals surface area contributed by atoms with E-state index in [1.54, 1.807) is 48.5 Å². The standard InChI is InChI=1S/C25H30N2O4/c1-2-17-3-8-19(9-4-17)25(29)31-22-11-5-18(6-12-22)7-14-24(28)30-16-20-15-21(26)10-13-23(20)27/h5-7,10-15,17,19H,2-4,8-9,16,26-27H2,1H3/b14-7+. The van der Waals surface area contributed by atoms with Gasteiger partial charge in [-0.25, -0.2) is 4.79 Å². The number of nitrogen functional groups attached to an aromatic ring is 2. The number of carbonyl (C=O) groups excluding carboxylic acids is 2. The number of hydrogen-bond acceptors (Lipinski definition) is 6. The smallest absolute Gasteiger partial charge is 0.331 e. The minimum Gasteiger partial charge on any atom is -0.458 e. The zero-order valence-corrected chi connectivity index (χ0v) is 17.9.